The summed E-state index contributed by atoms with van der Waals surface area (Å²) in [6.07, 6.45) is 3.58. The number of carbonyl (C=O) groups excluding carboxylic acids is 1. The second-order valence-electron chi connectivity index (χ2n) is 5.60. The number of carboxylic acid groups (broad SMARTS) is 1. The van der Waals surface area contributed by atoms with Crippen LogP contribution < -0.4 is 0 Å². The van der Waals surface area contributed by atoms with Crippen molar-refractivity contribution >= 4 is 11.9 Å². The highest BCUT2D eigenvalue weighted by molar-refractivity contribution is 5.88. The number of hydrogen-bond donors (Lipinski definition) is 1. The van der Waals surface area contributed by atoms with Gasteiger partial charge in [-0.15, -0.1) is 0 Å². The highest BCUT2D eigenvalue weighted by Gasteiger charge is 2.18. The normalized spacial score (nSPS) is 19.4. The number of amides is 1. The minimum absolute atomic E-state index is 0.0987. The van der Waals surface area contributed by atoms with E-state index in [0.717, 1.165) is 31.5 Å². The molecule has 1 N–H and O–H groups in total. The SMILES string of the molecule is CC1CCCN(C(=O)Cc2cccc(C(=O)O)c2)CC1. The number of rotatable bonds is 3. The molecule has 4 nitrogen and oxygen atoms in total. The molecule has 0 spiro atoms. The lowest BCUT2D eigenvalue weighted by atomic mass is 10.0. The number of hydrogen-bond acceptors (Lipinski definition) is 2. The van der Waals surface area contributed by atoms with Crippen molar-refractivity contribution in [1.82, 2.24) is 4.90 Å². The van der Waals surface area contributed by atoms with Gasteiger partial charge in [0.2, 0.25) is 5.91 Å². The van der Waals surface area contributed by atoms with Crippen LogP contribution in [-0.4, -0.2) is 35.0 Å². The predicted octanol–water partition coefficient (Wildman–Crippen LogP) is 2.58. The van der Waals surface area contributed by atoms with E-state index in [1.54, 1.807) is 18.2 Å². The summed E-state index contributed by atoms with van der Waals surface area (Å²) >= 11 is 0. The summed E-state index contributed by atoms with van der Waals surface area (Å²) in [6, 6.07) is 6.63. The van der Waals surface area contributed by atoms with Crippen LogP contribution in [0.1, 0.15) is 42.1 Å². The molecule has 1 aliphatic rings. The van der Waals surface area contributed by atoms with Gasteiger partial charge in [0, 0.05) is 13.1 Å². The smallest absolute Gasteiger partial charge is 0.335 e. The zero-order valence-electron chi connectivity index (χ0n) is 11.8. The number of benzene rings is 1. The van der Waals surface area contributed by atoms with E-state index in [2.05, 4.69) is 6.92 Å². The topological polar surface area (TPSA) is 57.6 Å². The molecular formula is C16H21NO3. The van der Waals surface area contributed by atoms with Crippen LogP contribution in [0.4, 0.5) is 0 Å². The summed E-state index contributed by atoms with van der Waals surface area (Å²) in [5, 5.41) is 8.96. The van der Waals surface area contributed by atoms with E-state index < -0.39 is 5.97 Å². The average molecular weight is 275 g/mol. The molecule has 1 atom stereocenters. The number of nitrogens with zero attached hydrogens (tertiary/aromatic N) is 1. The second-order valence-corrected chi connectivity index (χ2v) is 5.60. The highest BCUT2D eigenvalue weighted by Crippen LogP contribution is 2.17. The first-order valence-corrected chi connectivity index (χ1v) is 7.16. The Kier molecular flexibility index (Phi) is 4.77. The van der Waals surface area contributed by atoms with Crippen molar-refractivity contribution < 1.29 is 14.7 Å². The van der Waals surface area contributed by atoms with Crippen LogP contribution in [0.5, 0.6) is 0 Å². The third-order valence-electron chi connectivity index (χ3n) is 3.90. The fourth-order valence-electron chi connectivity index (χ4n) is 2.61. The van der Waals surface area contributed by atoms with Gasteiger partial charge in [-0.2, -0.15) is 0 Å². The molecule has 108 valence electrons. The van der Waals surface area contributed by atoms with Crippen molar-refractivity contribution in [2.75, 3.05) is 13.1 Å². The van der Waals surface area contributed by atoms with Gasteiger partial charge in [0.05, 0.1) is 12.0 Å². The molecule has 1 fully saturated rings. The Hall–Kier alpha value is -1.84. The number of aromatic carboxylic acids is 1. The standard InChI is InChI=1S/C16H21NO3/c1-12-4-3-8-17(9-7-12)15(18)11-13-5-2-6-14(10-13)16(19)20/h2,5-6,10,12H,3-4,7-9,11H2,1H3,(H,19,20). The summed E-state index contributed by atoms with van der Waals surface area (Å²) in [6.45, 7) is 3.87. The van der Waals surface area contributed by atoms with Crippen LogP contribution in [0.2, 0.25) is 0 Å². The fraction of sp³-hybridized carbons (Fsp3) is 0.500. The van der Waals surface area contributed by atoms with Crippen LogP contribution in [0, 0.1) is 5.92 Å². The van der Waals surface area contributed by atoms with E-state index in [1.807, 2.05) is 11.0 Å². The monoisotopic (exact) mass is 275 g/mol. The zero-order chi connectivity index (χ0) is 14.5. The van der Waals surface area contributed by atoms with E-state index >= 15 is 0 Å². The first-order chi connectivity index (χ1) is 9.56. The Balaban J connectivity index is 2.00. The maximum atomic E-state index is 12.3. The molecule has 1 aromatic rings. The zero-order valence-corrected chi connectivity index (χ0v) is 11.8. The predicted molar refractivity (Wildman–Crippen MR) is 76.7 cm³/mol. The van der Waals surface area contributed by atoms with Crippen LogP contribution in [0.3, 0.4) is 0 Å². The van der Waals surface area contributed by atoms with Crippen molar-refractivity contribution in [2.45, 2.75) is 32.6 Å². The van der Waals surface area contributed by atoms with Crippen molar-refractivity contribution in [3.8, 4) is 0 Å². The second kappa shape index (κ2) is 6.55. The molecule has 1 heterocycles. The molecule has 2 rings (SSSR count). The molecule has 1 aromatic carbocycles. The van der Waals surface area contributed by atoms with Gasteiger partial charge in [-0.3, -0.25) is 4.79 Å². The van der Waals surface area contributed by atoms with Gasteiger partial charge < -0.3 is 10.0 Å². The van der Waals surface area contributed by atoms with Gasteiger partial charge in [0.15, 0.2) is 0 Å². The molecule has 20 heavy (non-hydrogen) atoms. The fourth-order valence-corrected chi connectivity index (χ4v) is 2.61. The van der Waals surface area contributed by atoms with E-state index in [1.165, 1.54) is 6.42 Å². The third-order valence-corrected chi connectivity index (χ3v) is 3.90. The molecule has 0 bridgehead atoms. The van der Waals surface area contributed by atoms with Gasteiger partial charge in [0.25, 0.3) is 0 Å². The molecule has 1 amide bonds. The quantitative estimate of drug-likeness (QED) is 0.922. The van der Waals surface area contributed by atoms with E-state index in [0.29, 0.717) is 5.92 Å². The average Bonchev–Trinajstić information content (AvgIpc) is 2.64. The number of carbonyl (C=O) groups is 2. The molecule has 1 unspecified atom stereocenters. The van der Waals surface area contributed by atoms with Crippen molar-refractivity contribution in [1.29, 1.82) is 0 Å². The third kappa shape index (κ3) is 3.83. The lowest BCUT2D eigenvalue weighted by Gasteiger charge is -2.20. The van der Waals surface area contributed by atoms with Crippen LogP contribution >= 0.6 is 0 Å². The summed E-state index contributed by atoms with van der Waals surface area (Å²) in [5.41, 5.74) is 1.01. The number of likely N-dealkylation sites (tertiary alicyclic amines) is 1. The summed E-state index contributed by atoms with van der Waals surface area (Å²) in [5.74, 6) is -0.173. The molecule has 0 aromatic heterocycles. The molecule has 1 aliphatic heterocycles. The lowest BCUT2D eigenvalue weighted by molar-refractivity contribution is -0.130. The molecule has 0 aliphatic carbocycles. The number of carboxylic acids is 1. The van der Waals surface area contributed by atoms with E-state index in [-0.39, 0.29) is 17.9 Å². The molecule has 0 radical (unpaired) electrons. The molecular weight excluding hydrogens is 254 g/mol. The summed E-state index contributed by atoms with van der Waals surface area (Å²) < 4.78 is 0. The Morgan fingerprint density at radius 1 is 1.30 bits per heavy atom. The van der Waals surface area contributed by atoms with Gasteiger partial charge in [-0.05, 0) is 42.9 Å². The Morgan fingerprint density at radius 3 is 2.85 bits per heavy atom. The Labute approximate surface area is 119 Å². The van der Waals surface area contributed by atoms with Crippen LogP contribution in [-0.2, 0) is 11.2 Å². The minimum atomic E-state index is -0.956. The molecule has 0 saturated carbocycles. The minimum Gasteiger partial charge on any atom is -0.478 e. The Morgan fingerprint density at radius 2 is 2.10 bits per heavy atom. The van der Waals surface area contributed by atoms with Gasteiger partial charge in [-0.1, -0.05) is 19.1 Å². The van der Waals surface area contributed by atoms with E-state index in [4.69, 9.17) is 5.11 Å². The largest absolute Gasteiger partial charge is 0.478 e. The van der Waals surface area contributed by atoms with Crippen molar-refractivity contribution in [3.05, 3.63) is 35.4 Å². The first kappa shape index (κ1) is 14.6. The molecule has 1 saturated heterocycles. The maximum Gasteiger partial charge on any atom is 0.335 e. The van der Waals surface area contributed by atoms with Gasteiger partial charge in [0.1, 0.15) is 0 Å². The van der Waals surface area contributed by atoms with Crippen LogP contribution in [0.15, 0.2) is 24.3 Å². The maximum absolute atomic E-state index is 12.3. The van der Waals surface area contributed by atoms with Crippen molar-refractivity contribution in [2.24, 2.45) is 5.92 Å². The Bertz CT molecular complexity index is 498. The summed E-state index contributed by atoms with van der Waals surface area (Å²) in [7, 11) is 0. The lowest BCUT2D eigenvalue weighted by Crippen LogP contribution is -2.33. The van der Waals surface area contributed by atoms with Crippen LogP contribution in [0.25, 0.3) is 0 Å². The first-order valence-electron chi connectivity index (χ1n) is 7.16. The molecule has 4 heteroatoms. The highest BCUT2D eigenvalue weighted by atomic mass is 16.4. The van der Waals surface area contributed by atoms with Crippen molar-refractivity contribution in [3.63, 3.8) is 0 Å². The summed E-state index contributed by atoms with van der Waals surface area (Å²) in [4.78, 5) is 25.1. The van der Waals surface area contributed by atoms with Gasteiger partial charge in [-0.25, -0.2) is 4.79 Å². The van der Waals surface area contributed by atoms with Gasteiger partial charge >= 0.3 is 5.97 Å². The van der Waals surface area contributed by atoms with E-state index in [9.17, 15) is 9.59 Å².